The maximum atomic E-state index is 14.3. The van der Waals surface area contributed by atoms with E-state index in [2.05, 4.69) is 15.8 Å². The molecule has 0 bridgehead atoms. The van der Waals surface area contributed by atoms with E-state index in [1.807, 2.05) is 91.0 Å². The lowest BCUT2D eigenvalue weighted by Gasteiger charge is -2.49. The van der Waals surface area contributed by atoms with Crippen LogP contribution in [0.2, 0.25) is 0 Å². The van der Waals surface area contributed by atoms with Crippen molar-refractivity contribution in [3.8, 4) is 17.2 Å². The normalized spacial score (nSPS) is 16.7. The van der Waals surface area contributed by atoms with Crippen LogP contribution in [0.4, 0.5) is 5.13 Å². The molecule has 4 heterocycles. The molecule has 1 fully saturated rings. The van der Waals surface area contributed by atoms with Crippen molar-refractivity contribution >= 4 is 83.9 Å². The van der Waals surface area contributed by atoms with Gasteiger partial charge in [0.05, 0.1) is 42.1 Å². The van der Waals surface area contributed by atoms with Gasteiger partial charge >= 0.3 is 5.97 Å². The molecule has 3 atom stereocenters. The van der Waals surface area contributed by atoms with Gasteiger partial charge in [-0.2, -0.15) is 0 Å². The standard InChI is InChI=1S/C52H45N5O10S4/c1-63-36-22-20-31(21-23-36)27-67-50(61)46-32(28-68-43-25-39(58)37-24-40(64-2)41(65-3)26-42(37)70-43)30-71(62)49-45(48(60)57(46)49)54-47(59)44(56-66-4)38-29-69-51(53-38)55-52(33-14-8-5-9-15-33,34-16-10-6-11-17-34)35-18-12-7-13-19-35/h5-26,29,45,49H,27-28,30H2,1-4H3,(H,53,55)(H,54,59)/b56-44-/t45?,49-,71?/m1/s1. The summed E-state index contributed by atoms with van der Waals surface area (Å²) in [6, 6.07) is 40.4. The molecule has 9 rings (SSSR count). The molecule has 2 aromatic heterocycles. The molecule has 5 aromatic carbocycles. The fourth-order valence-electron chi connectivity index (χ4n) is 8.47. The lowest BCUT2D eigenvalue weighted by atomic mass is 9.77. The number of thiazole rings is 1. The number of carbonyl (C=O) groups excluding carboxylic acids is 3. The van der Waals surface area contributed by atoms with Crippen LogP contribution >= 0.6 is 34.4 Å². The van der Waals surface area contributed by atoms with Gasteiger partial charge in [-0.05, 0) is 46.0 Å². The fraction of sp³-hybridized carbons (Fsp3) is 0.192. The van der Waals surface area contributed by atoms with Crippen LogP contribution in [0.25, 0.3) is 10.1 Å². The second kappa shape index (κ2) is 21.4. The number of carbonyl (C=O) groups is 3. The monoisotopic (exact) mass is 1030 g/mol. The zero-order chi connectivity index (χ0) is 49.6. The van der Waals surface area contributed by atoms with Crippen molar-refractivity contribution in [3.05, 3.63) is 188 Å². The van der Waals surface area contributed by atoms with E-state index in [-0.39, 0.29) is 40.6 Å². The van der Waals surface area contributed by atoms with Crippen molar-refractivity contribution in [2.24, 2.45) is 5.16 Å². The summed E-state index contributed by atoms with van der Waals surface area (Å²) in [7, 11) is 4.02. The predicted octanol–water partition coefficient (Wildman–Crippen LogP) is 7.70. The Hall–Kier alpha value is -7.32. The number of esters is 1. The lowest BCUT2D eigenvalue weighted by Crippen LogP contribution is -2.74. The van der Waals surface area contributed by atoms with Gasteiger partial charge in [0, 0.05) is 33.4 Å². The first-order valence-electron chi connectivity index (χ1n) is 21.9. The van der Waals surface area contributed by atoms with Gasteiger partial charge in [0.1, 0.15) is 47.8 Å². The topological polar surface area (TPSA) is 184 Å². The highest BCUT2D eigenvalue weighted by molar-refractivity contribution is 8.01. The zero-order valence-corrected chi connectivity index (χ0v) is 41.9. The second-order valence-corrected chi connectivity index (χ2v) is 20.8. The molecule has 2 aliphatic heterocycles. The number of methoxy groups -OCH3 is 3. The summed E-state index contributed by atoms with van der Waals surface area (Å²) >= 11 is 3.84. The molecule has 0 saturated carbocycles. The number of fused-ring (bicyclic) bond motifs is 2. The summed E-state index contributed by atoms with van der Waals surface area (Å²) in [5, 5.41) is 11.9. The minimum Gasteiger partial charge on any atom is -0.497 e. The highest BCUT2D eigenvalue weighted by Crippen LogP contribution is 2.42. The maximum absolute atomic E-state index is 14.3. The first kappa shape index (κ1) is 48.7. The van der Waals surface area contributed by atoms with E-state index in [9.17, 15) is 23.4 Å². The number of aromatic nitrogens is 1. The van der Waals surface area contributed by atoms with E-state index in [1.54, 1.807) is 48.9 Å². The summed E-state index contributed by atoms with van der Waals surface area (Å²) in [6.07, 6.45) is 0. The van der Waals surface area contributed by atoms with Crippen molar-refractivity contribution in [2.45, 2.75) is 27.8 Å². The maximum Gasteiger partial charge on any atom is 0.355 e. The molecule has 2 unspecified atom stereocenters. The molecule has 2 aliphatic rings. The summed E-state index contributed by atoms with van der Waals surface area (Å²) in [5.41, 5.74) is 2.55. The number of hydrogen-bond acceptors (Lipinski definition) is 16. The Morgan fingerprint density at radius 3 is 2.04 bits per heavy atom. The van der Waals surface area contributed by atoms with Crippen LogP contribution in [0.1, 0.15) is 27.9 Å². The number of β-lactam (4-membered cyclic amide) rings is 1. The average molecular weight is 1030 g/mol. The van der Waals surface area contributed by atoms with Crippen LogP contribution in [0.5, 0.6) is 17.2 Å². The number of benzene rings is 5. The molecule has 7 aromatic rings. The summed E-state index contributed by atoms with van der Waals surface area (Å²) < 4.78 is 37.4. The van der Waals surface area contributed by atoms with E-state index in [0.717, 1.165) is 21.6 Å². The fourth-order valence-corrected chi connectivity index (χ4v) is 13.3. The Balaban J connectivity index is 0.984. The number of hydrogen-bond donors (Lipinski definition) is 2. The van der Waals surface area contributed by atoms with Crippen LogP contribution < -0.4 is 30.3 Å². The molecular weight excluding hydrogens is 983 g/mol. The van der Waals surface area contributed by atoms with Gasteiger partial charge in [-0.25, -0.2) is 9.78 Å². The first-order chi connectivity index (χ1) is 34.6. The molecule has 0 radical (unpaired) electrons. The Bertz CT molecular complexity index is 3160. The van der Waals surface area contributed by atoms with Crippen LogP contribution in [-0.2, 0) is 46.9 Å². The second-order valence-electron chi connectivity index (χ2n) is 16.0. The number of thioether (sulfide) groups is 1. The Labute approximate surface area is 422 Å². The summed E-state index contributed by atoms with van der Waals surface area (Å²) in [4.78, 5) is 67.2. The largest absolute Gasteiger partial charge is 0.497 e. The smallest absolute Gasteiger partial charge is 0.355 e. The minimum atomic E-state index is -1.81. The predicted molar refractivity (Wildman–Crippen MR) is 276 cm³/mol. The number of anilines is 1. The van der Waals surface area contributed by atoms with Crippen LogP contribution in [0, 0.1) is 0 Å². The van der Waals surface area contributed by atoms with Gasteiger partial charge in [-0.1, -0.05) is 108 Å². The molecule has 2 amide bonds. The number of oxime groups is 1. The summed E-state index contributed by atoms with van der Waals surface area (Å²) in [6.45, 7) is -0.134. The van der Waals surface area contributed by atoms with Gasteiger partial charge in [-0.3, -0.25) is 23.5 Å². The highest BCUT2D eigenvalue weighted by Gasteiger charge is 2.57. The van der Waals surface area contributed by atoms with Crippen molar-refractivity contribution in [2.75, 3.05) is 45.3 Å². The molecule has 0 spiro atoms. The highest BCUT2D eigenvalue weighted by atomic mass is 32.2. The molecule has 71 heavy (non-hydrogen) atoms. The van der Waals surface area contributed by atoms with E-state index >= 15 is 0 Å². The van der Waals surface area contributed by atoms with Crippen molar-refractivity contribution < 1.29 is 42.4 Å². The van der Waals surface area contributed by atoms with E-state index in [4.69, 9.17) is 28.8 Å². The molecule has 1 saturated heterocycles. The number of ether oxygens (including phenoxy) is 4. The van der Waals surface area contributed by atoms with E-state index < -0.39 is 45.5 Å². The molecular formula is C52H45N5O10S4. The van der Waals surface area contributed by atoms with Crippen LogP contribution in [0.3, 0.4) is 0 Å². The molecule has 362 valence electrons. The van der Waals surface area contributed by atoms with Gasteiger partial charge in [0.25, 0.3) is 11.8 Å². The molecule has 2 N–H and O–H groups in total. The molecule has 15 nitrogen and oxygen atoms in total. The van der Waals surface area contributed by atoms with E-state index in [1.165, 1.54) is 61.8 Å². The lowest BCUT2D eigenvalue weighted by molar-refractivity contribution is -0.153. The van der Waals surface area contributed by atoms with Crippen molar-refractivity contribution in [1.29, 1.82) is 0 Å². The van der Waals surface area contributed by atoms with Crippen molar-refractivity contribution in [3.63, 3.8) is 0 Å². The van der Waals surface area contributed by atoms with Crippen LogP contribution in [0.15, 0.2) is 164 Å². The third-order valence-corrected chi connectivity index (χ3v) is 16.7. The molecule has 0 aliphatic carbocycles. The number of amides is 2. The Morgan fingerprint density at radius 2 is 1.45 bits per heavy atom. The SMILES string of the molecule is CO/N=C(\C(=O)NC1C(=O)N2C(C(=O)OCc3ccc(OC)cc3)=C(CSc3cc(=O)c4cc(OC)c(OC)cc4s3)CS(=O)[C@H]12)c1csc(NC(c2ccccc2)(c2ccccc2)c2ccccc2)n1. The summed E-state index contributed by atoms with van der Waals surface area (Å²) in [5.74, 6) is -0.852. The quantitative estimate of drug-likeness (QED) is 0.0213. The number of nitrogens with zero attached hydrogens (tertiary/aromatic N) is 3. The van der Waals surface area contributed by atoms with Crippen LogP contribution in [-0.4, -0.2) is 88.9 Å². The first-order valence-corrected chi connectivity index (χ1v) is 26.0. The Morgan fingerprint density at radius 1 is 0.831 bits per heavy atom. The van der Waals surface area contributed by atoms with Gasteiger partial charge < -0.3 is 34.4 Å². The van der Waals surface area contributed by atoms with Gasteiger partial charge in [0.15, 0.2) is 27.8 Å². The average Bonchev–Trinajstić information content (AvgIpc) is 3.87. The third-order valence-electron chi connectivity index (χ3n) is 11.9. The third kappa shape index (κ3) is 9.77. The zero-order valence-electron chi connectivity index (χ0n) is 38.6. The van der Waals surface area contributed by atoms with E-state index in [0.29, 0.717) is 47.8 Å². The number of nitrogens with one attached hydrogen (secondary N) is 2. The van der Waals surface area contributed by atoms with Gasteiger partial charge in [-0.15, -0.1) is 34.4 Å². The van der Waals surface area contributed by atoms with Gasteiger partial charge in [0.2, 0.25) is 0 Å². The Kier molecular flexibility index (Phi) is 14.6. The molecule has 19 heteroatoms. The minimum absolute atomic E-state index is 0.0783. The van der Waals surface area contributed by atoms with Crippen molar-refractivity contribution in [1.82, 2.24) is 15.2 Å². The number of rotatable bonds is 18.